The highest BCUT2D eigenvalue weighted by atomic mass is 16.6. The molecule has 102 valence electrons. The normalized spacial score (nSPS) is 25.1. The molecule has 0 N–H and O–H groups in total. The molecule has 0 bridgehead atoms. The van der Waals surface area contributed by atoms with E-state index in [2.05, 4.69) is 5.10 Å². The van der Waals surface area contributed by atoms with Crippen molar-refractivity contribution in [2.24, 2.45) is 5.92 Å². The minimum Gasteiger partial charge on any atom is -0.466 e. The Labute approximate surface area is 109 Å². The smallest absolute Gasteiger partial charge is 0.311 e. The Balaban J connectivity index is 1.78. The maximum Gasteiger partial charge on any atom is 0.311 e. The number of hydrogen-bond donors (Lipinski definition) is 0. The summed E-state index contributed by atoms with van der Waals surface area (Å²) in [6.07, 6.45) is 4.03. The molecule has 0 saturated heterocycles. The van der Waals surface area contributed by atoms with Gasteiger partial charge >= 0.3 is 11.7 Å². The van der Waals surface area contributed by atoms with Crippen molar-refractivity contribution in [3.63, 3.8) is 0 Å². The molecule has 0 amide bonds. The predicted molar refractivity (Wildman–Crippen MR) is 64.6 cm³/mol. The number of carbonyl (C=O) groups excluding carboxylic acids is 1. The number of rotatable bonds is 5. The van der Waals surface area contributed by atoms with Gasteiger partial charge in [-0.3, -0.25) is 19.6 Å². The van der Waals surface area contributed by atoms with Gasteiger partial charge in [-0.1, -0.05) is 0 Å². The van der Waals surface area contributed by atoms with Gasteiger partial charge in [0.15, 0.2) is 0 Å². The highest BCUT2D eigenvalue weighted by Gasteiger charge is 2.48. The number of nitro groups is 1. The third-order valence-electron chi connectivity index (χ3n) is 3.59. The molecular weight excluding hydrogens is 250 g/mol. The molecule has 1 aromatic heterocycles. The fourth-order valence-electron chi connectivity index (χ4n) is 2.33. The van der Waals surface area contributed by atoms with E-state index in [0.717, 1.165) is 12.8 Å². The lowest BCUT2D eigenvalue weighted by Crippen LogP contribution is -2.09. The van der Waals surface area contributed by atoms with Crippen molar-refractivity contribution in [3.8, 4) is 0 Å². The molecule has 0 aliphatic heterocycles. The van der Waals surface area contributed by atoms with Gasteiger partial charge in [0, 0.05) is 5.92 Å². The minimum absolute atomic E-state index is 0.0785. The van der Waals surface area contributed by atoms with Crippen LogP contribution in [0, 0.1) is 16.0 Å². The number of esters is 1. The molecular formula is C12H15N3O4. The predicted octanol–water partition coefficient (Wildman–Crippen LogP) is 1.79. The molecule has 2 unspecified atom stereocenters. The summed E-state index contributed by atoms with van der Waals surface area (Å²) in [6.45, 7) is 2.12. The average Bonchev–Trinajstić information content (AvgIpc) is 3.27. The molecule has 0 radical (unpaired) electrons. The second-order valence-corrected chi connectivity index (χ2v) is 5.07. The van der Waals surface area contributed by atoms with Crippen molar-refractivity contribution < 1.29 is 14.5 Å². The molecule has 2 saturated carbocycles. The zero-order valence-electron chi connectivity index (χ0n) is 10.6. The lowest BCUT2D eigenvalue weighted by molar-refractivity contribution is -0.385. The molecule has 2 atom stereocenters. The monoisotopic (exact) mass is 265 g/mol. The van der Waals surface area contributed by atoms with Gasteiger partial charge in [0.05, 0.1) is 23.5 Å². The summed E-state index contributed by atoms with van der Waals surface area (Å²) in [6, 6.07) is -0.0785. The molecule has 0 spiro atoms. The van der Waals surface area contributed by atoms with E-state index in [0.29, 0.717) is 18.7 Å². The molecule has 2 aliphatic rings. The quantitative estimate of drug-likeness (QED) is 0.460. The molecule has 7 heteroatoms. The molecule has 2 aliphatic carbocycles. The standard InChI is InChI=1S/C12H15N3O4/c1-2-19-12(16)8-5-9(8)14-6-10(15(17)18)11(13-14)7-3-4-7/h6-9H,2-5H2,1H3. The summed E-state index contributed by atoms with van der Waals surface area (Å²) in [4.78, 5) is 22.2. The molecule has 19 heavy (non-hydrogen) atoms. The Morgan fingerprint density at radius 3 is 2.95 bits per heavy atom. The van der Waals surface area contributed by atoms with Crippen LogP contribution < -0.4 is 0 Å². The summed E-state index contributed by atoms with van der Waals surface area (Å²) in [5.74, 6) is -0.216. The second-order valence-electron chi connectivity index (χ2n) is 5.07. The van der Waals surface area contributed by atoms with Crippen LogP contribution in [0.5, 0.6) is 0 Å². The van der Waals surface area contributed by atoms with Gasteiger partial charge in [0.1, 0.15) is 11.9 Å². The van der Waals surface area contributed by atoms with Crippen LogP contribution in [0.1, 0.15) is 43.8 Å². The summed E-state index contributed by atoms with van der Waals surface area (Å²) in [7, 11) is 0. The van der Waals surface area contributed by atoms with E-state index in [-0.39, 0.29) is 34.5 Å². The lowest BCUT2D eigenvalue weighted by Gasteiger charge is -2.00. The van der Waals surface area contributed by atoms with Crippen molar-refractivity contribution in [1.29, 1.82) is 0 Å². The molecule has 7 nitrogen and oxygen atoms in total. The SMILES string of the molecule is CCOC(=O)C1CC1n1cc([N+](=O)[O-])c(C2CC2)n1. The van der Waals surface area contributed by atoms with E-state index in [1.54, 1.807) is 11.6 Å². The summed E-state index contributed by atoms with van der Waals surface area (Å²) in [5, 5.41) is 15.3. The number of carbonyl (C=O) groups is 1. The third-order valence-corrected chi connectivity index (χ3v) is 3.59. The van der Waals surface area contributed by atoms with Gasteiger partial charge < -0.3 is 4.74 Å². The molecule has 2 fully saturated rings. The number of hydrogen-bond acceptors (Lipinski definition) is 5. The van der Waals surface area contributed by atoms with Gasteiger partial charge in [-0.25, -0.2) is 0 Å². The first-order valence-corrected chi connectivity index (χ1v) is 6.52. The van der Waals surface area contributed by atoms with Gasteiger partial charge in [-0.2, -0.15) is 5.10 Å². The zero-order valence-corrected chi connectivity index (χ0v) is 10.6. The fraction of sp³-hybridized carbons (Fsp3) is 0.667. The van der Waals surface area contributed by atoms with Crippen LogP contribution in [0.2, 0.25) is 0 Å². The van der Waals surface area contributed by atoms with Crippen molar-refractivity contribution >= 4 is 11.7 Å². The van der Waals surface area contributed by atoms with Gasteiger partial charge in [-0.05, 0) is 26.2 Å². The third kappa shape index (κ3) is 2.20. The first kappa shape index (κ1) is 12.1. The number of nitrogens with zero attached hydrogens (tertiary/aromatic N) is 3. The second kappa shape index (κ2) is 4.32. The van der Waals surface area contributed by atoms with E-state index >= 15 is 0 Å². The van der Waals surface area contributed by atoms with Crippen LogP contribution in [-0.2, 0) is 9.53 Å². The maximum absolute atomic E-state index is 11.6. The number of ether oxygens (including phenoxy) is 1. The Hall–Kier alpha value is -1.92. The van der Waals surface area contributed by atoms with Crippen LogP contribution in [0.25, 0.3) is 0 Å². The first-order valence-electron chi connectivity index (χ1n) is 6.52. The largest absolute Gasteiger partial charge is 0.466 e. The van der Waals surface area contributed by atoms with E-state index in [1.807, 2.05) is 0 Å². The Morgan fingerprint density at radius 1 is 1.63 bits per heavy atom. The molecule has 1 aromatic rings. The summed E-state index contributed by atoms with van der Waals surface area (Å²) < 4.78 is 6.52. The van der Waals surface area contributed by atoms with E-state index in [4.69, 9.17) is 4.74 Å². The van der Waals surface area contributed by atoms with Crippen LogP contribution in [-0.4, -0.2) is 27.3 Å². The molecule has 3 rings (SSSR count). The Bertz CT molecular complexity index is 535. The molecule has 0 aromatic carbocycles. The number of aromatic nitrogens is 2. The Morgan fingerprint density at radius 2 is 2.37 bits per heavy atom. The van der Waals surface area contributed by atoms with E-state index in [9.17, 15) is 14.9 Å². The van der Waals surface area contributed by atoms with Crippen LogP contribution in [0.3, 0.4) is 0 Å². The van der Waals surface area contributed by atoms with Crippen molar-refractivity contribution in [2.75, 3.05) is 6.61 Å². The van der Waals surface area contributed by atoms with Crippen molar-refractivity contribution in [3.05, 3.63) is 22.0 Å². The highest BCUT2D eigenvalue weighted by molar-refractivity contribution is 5.76. The van der Waals surface area contributed by atoms with E-state index < -0.39 is 0 Å². The molecule has 1 heterocycles. The topological polar surface area (TPSA) is 87.3 Å². The highest BCUT2D eigenvalue weighted by Crippen LogP contribution is 2.47. The van der Waals surface area contributed by atoms with Gasteiger partial charge in [-0.15, -0.1) is 0 Å². The maximum atomic E-state index is 11.6. The summed E-state index contributed by atoms with van der Waals surface area (Å²) >= 11 is 0. The average molecular weight is 265 g/mol. The van der Waals surface area contributed by atoms with E-state index in [1.165, 1.54) is 6.20 Å². The lowest BCUT2D eigenvalue weighted by atomic mass is 10.3. The van der Waals surface area contributed by atoms with Crippen LogP contribution in [0.15, 0.2) is 6.20 Å². The van der Waals surface area contributed by atoms with Crippen molar-refractivity contribution in [1.82, 2.24) is 9.78 Å². The summed E-state index contributed by atoms with van der Waals surface area (Å²) in [5.41, 5.74) is 0.650. The van der Waals surface area contributed by atoms with Crippen LogP contribution >= 0.6 is 0 Å². The Kier molecular flexibility index (Phi) is 2.76. The zero-order chi connectivity index (χ0) is 13.6. The van der Waals surface area contributed by atoms with Crippen molar-refractivity contribution in [2.45, 2.75) is 38.1 Å². The van der Waals surface area contributed by atoms with Gasteiger partial charge in [0.2, 0.25) is 0 Å². The van der Waals surface area contributed by atoms with Gasteiger partial charge in [0.25, 0.3) is 0 Å². The first-order chi connectivity index (χ1) is 9.11. The van der Waals surface area contributed by atoms with Crippen LogP contribution in [0.4, 0.5) is 5.69 Å². The fourth-order valence-corrected chi connectivity index (χ4v) is 2.33. The minimum atomic E-state index is -0.390.